The number of allylic oxidation sites excluding steroid dienone is 3. The van der Waals surface area contributed by atoms with Crippen molar-refractivity contribution in [3.63, 3.8) is 0 Å². The van der Waals surface area contributed by atoms with Crippen molar-refractivity contribution in [2.75, 3.05) is 27.3 Å². The number of benzene rings is 2. The highest BCUT2D eigenvalue weighted by atomic mass is 35.5. The Labute approximate surface area is 209 Å². The van der Waals surface area contributed by atoms with Gasteiger partial charge in [0, 0.05) is 36.1 Å². The number of likely N-dealkylation sites (N-methyl/N-ethyl adjacent to an activating group) is 1. The van der Waals surface area contributed by atoms with Gasteiger partial charge in [0.05, 0.1) is 18.2 Å². The number of nitrogens with zero attached hydrogens (tertiary/aromatic N) is 3. The number of carbonyl (C=O) groups is 1. The van der Waals surface area contributed by atoms with Gasteiger partial charge in [0.1, 0.15) is 0 Å². The molecular formula is C27H28ClN3O4. The van der Waals surface area contributed by atoms with E-state index in [0.29, 0.717) is 35.5 Å². The lowest BCUT2D eigenvalue weighted by Gasteiger charge is -2.36. The van der Waals surface area contributed by atoms with E-state index < -0.39 is 5.97 Å². The molecule has 3 aromatic rings. The summed E-state index contributed by atoms with van der Waals surface area (Å²) in [6.07, 6.45) is 6.30. The Morgan fingerprint density at radius 1 is 1.26 bits per heavy atom. The molecule has 0 radical (unpaired) electrons. The first kappa shape index (κ1) is 24.9. The van der Waals surface area contributed by atoms with Gasteiger partial charge in [-0.3, -0.25) is 9.69 Å². The van der Waals surface area contributed by atoms with Crippen LogP contribution in [0.25, 0.3) is 17.0 Å². The number of aromatic nitrogens is 2. The van der Waals surface area contributed by atoms with Gasteiger partial charge in [0.2, 0.25) is 5.82 Å². The Morgan fingerprint density at radius 3 is 2.71 bits per heavy atom. The summed E-state index contributed by atoms with van der Waals surface area (Å²) in [7, 11) is 3.45. The molecule has 1 heterocycles. The van der Waals surface area contributed by atoms with Gasteiger partial charge < -0.3 is 14.4 Å². The van der Waals surface area contributed by atoms with Crippen LogP contribution in [0.1, 0.15) is 29.9 Å². The molecule has 2 atom stereocenters. The summed E-state index contributed by atoms with van der Waals surface area (Å²) < 4.78 is 11.2. The first-order chi connectivity index (χ1) is 16.8. The molecule has 1 aromatic heterocycles. The first-order valence-corrected chi connectivity index (χ1v) is 11.6. The Morgan fingerprint density at radius 2 is 2.03 bits per heavy atom. The number of halogens is 1. The van der Waals surface area contributed by atoms with E-state index in [2.05, 4.69) is 41.3 Å². The highest BCUT2D eigenvalue weighted by molar-refractivity contribution is 6.33. The molecule has 0 saturated carbocycles. The smallest absolute Gasteiger partial charge is 0.317 e. The third kappa shape index (κ3) is 5.70. The molecule has 35 heavy (non-hydrogen) atoms. The zero-order chi connectivity index (χ0) is 25.0. The van der Waals surface area contributed by atoms with E-state index >= 15 is 0 Å². The third-order valence-corrected chi connectivity index (χ3v) is 6.40. The maximum atomic E-state index is 10.9. The molecule has 1 aliphatic carbocycles. The summed E-state index contributed by atoms with van der Waals surface area (Å²) in [6.45, 7) is 3.10. The van der Waals surface area contributed by atoms with Gasteiger partial charge in [-0.2, -0.15) is 4.98 Å². The van der Waals surface area contributed by atoms with Crippen LogP contribution in [0.2, 0.25) is 5.02 Å². The van der Waals surface area contributed by atoms with E-state index in [1.807, 2.05) is 36.4 Å². The third-order valence-electron chi connectivity index (χ3n) is 6.08. The summed E-state index contributed by atoms with van der Waals surface area (Å²) in [5.74, 6) is 0.0723. The molecule has 2 unspecified atom stereocenters. The number of carboxylic acid groups (broad SMARTS) is 1. The molecule has 2 aromatic carbocycles. The average molecular weight is 494 g/mol. The van der Waals surface area contributed by atoms with Crippen LogP contribution in [-0.4, -0.2) is 53.4 Å². The predicted molar refractivity (Wildman–Crippen MR) is 135 cm³/mol. The normalized spacial score (nSPS) is 19.7. The van der Waals surface area contributed by atoms with Crippen molar-refractivity contribution in [2.24, 2.45) is 5.41 Å². The van der Waals surface area contributed by atoms with Crippen LogP contribution in [0, 0.1) is 5.41 Å². The van der Waals surface area contributed by atoms with E-state index in [-0.39, 0.29) is 17.9 Å². The largest absolute Gasteiger partial charge is 0.480 e. The van der Waals surface area contributed by atoms with Crippen molar-refractivity contribution in [1.82, 2.24) is 15.0 Å². The Hall–Kier alpha value is -3.26. The maximum absolute atomic E-state index is 10.9. The number of hydrogen-bond donors (Lipinski definition) is 1. The second kappa shape index (κ2) is 10.6. The van der Waals surface area contributed by atoms with Gasteiger partial charge in [0.25, 0.3) is 5.89 Å². The number of aliphatic carboxylic acids is 1. The minimum absolute atomic E-state index is 0.0523. The van der Waals surface area contributed by atoms with Gasteiger partial charge in [-0.1, -0.05) is 78.3 Å². The molecule has 1 aliphatic rings. The second-order valence-corrected chi connectivity index (χ2v) is 9.50. The molecular weight excluding hydrogens is 466 g/mol. The lowest BCUT2D eigenvalue weighted by molar-refractivity contribution is -0.138. The van der Waals surface area contributed by atoms with Gasteiger partial charge >= 0.3 is 5.97 Å². The number of rotatable bonds is 9. The lowest BCUT2D eigenvalue weighted by Crippen LogP contribution is -2.29. The number of carboxylic acids is 1. The van der Waals surface area contributed by atoms with Gasteiger partial charge in [-0.05, 0) is 30.3 Å². The van der Waals surface area contributed by atoms with Crippen LogP contribution < -0.4 is 0 Å². The zero-order valence-electron chi connectivity index (χ0n) is 19.9. The fraction of sp³-hybridized carbons (Fsp3) is 0.296. The van der Waals surface area contributed by atoms with Crippen LogP contribution in [0.3, 0.4) is 0 Å². The average Bonchev–Trinajstić information content (AvgIpc) is 3.29. The lowest BCUT2D eigenvalue weighted by atomic mass is 9.70. The SMILES string of the molecule is COCC1(C)C=C(c2nc(-c3ccc(CN(C)CC(=O)O)cc3Cl)no2)C=CC1c1ccccc1. The van der Waals surface area contributed by atoms with Crippen molar-refractivity contribution in [3.8, 4) is 11.4 Å². The monoisotopic (exact) mass is 493 g/mol. The van der Waals surface area contributed by atoms with E-state index in [4.69, 9.17) is 26.0 Å². The fourth-order valence-electron chi connectivity index (χ4n) is 4.53. The van der Waals surface area contributed by atoms with Crippen molar-refractivity contribution < 1.29 is 19.2 Å². The van der Waals surface area contributed by atoms with Crippen molar-refractivity contribution in [3.05, 3.63) is 88.8 Å². The Kier molecular flexibility index (Phi) is 7.50. The Balaban J connectivity index is 1.57. The quantitative estimate of drug-likeness (QED) is 0.433. The fourth-order valence-corrected chi connectivity index (χ4v) is 4.82. The van der Waals surface area contributed by atoms with Crippen LogP contribution in [-0.2, 0) is 16.1 Å². The van der Waals surface area contributed by atoms with Crippen LogP contribution >= 0.6 is 11.6 Å². The highest BCUT2D eigenvalue weighted by Crippen LogP contribution is 2.44. The van der Waals surface area contributed by atoms with Crippen molar-refractivity contribution in [2.45, 2.75) is 19.4 Å². The molecule has 1 N–H and O–H groups in total. The topological polar surface area (TPSA) is 88.7 Å². The summed E-state index contributed by atoms with van der Waals surface area (Å²) in [5, 5.41) is 13.6. The molecule has 182 valence electrons. The zero-order valence-corrected chi connectivity index (χ0v) is 20.7. The first-order valence-electron chi connectivity index (χ1n) is 11.3. The number of hydrogen-bond acceptors (Lipinski definition) is 6. The highest BCUT2D eigenvalue weighted by Gasteiger charge is 2.35. The minimum atomic E-state index is -0.878. The van der Waals surface area contributed by atoms with E-state index in [1.165, 1.54) is 5.56 Å². The van der Waals surface area contributed by atoms with E-state index in [1.54, 1.807) is 25.1 Å². The molecule has 0 spiro atoms. The minimum Gasteiger partial charge on any atom is -0.480 e. The molecule has 4 rings (SSSR count). The second-order valence-electron chi connectivity index (χ2n) is 9.09. The summed E-state index contributed by atoms with van der Waals surface area (Å²) >= 11 is 6.52. The van der Waals surface area contributed by atoms with E-state index in [0.717, 1.165) is 11.1 Å². The molecule has 8 heteroatoms. The van der Waals surface area contributed by atoms with E-state index in [9.17, 15) is 4.79 Å². The van der Waals surface area contributed by atoms with Crippen LogP contribution in [0.15, 0.2) is 71.3 Å². The van der Waals surface area contributed by atoms with Gasteiger partial charge in [0.15, 0.2) is 0 Å². The Bertz CT molecular complexity index is 1250. The van der Waals surface area contributed by atoms with Gasteiger partial charge in [-0.15, -0.1) is 0 Å². The standard InChI is InChI=1S/C27H28ClN3O4/c1-27(17-34-3)14-20(10-12-22(27)19-7-5-4-6-8-19)26-29-25(30-35-26)21-11-9-18(13-23(21)28)15-31(2)16-24(32)33/h4-14,22H,15-17H2,1-3H3,(H,32,33). The summed E-state index contributed by atoms with van der Waals surface area (Å²) in [4.78, 5) is 17.2. The van der Waals surface area contributed by atoms with Crippen molar-refractivity contribution >= 4 is 23.1 Å². The summed E-state index contributed by atoms with van der Waals surface area (Å²) in [5.41, 5.74) is 3.29. The van der Waals surface area contributed by atoms with Gasteiger partial charge in [-0.25, -0.2) is 0 Å². The molecule has 0 fully saturated rings. The maximum Gasteiger partial charge on any atom is 0.317 e. The number of ether oxygens (including phenoxy) is 1. The van der Waals surface area contributed by atoms with Crippen molar-refractivity contribution in [1.29, 1.82) is 0 Å². The molecule has 0 saturated heterocycles. The summed E-state index contributed by atoms with van der Waals surface area (Å²) in [6, 6.07) is 15.8. The van der Waals surface area contributed by atoms with Crippen LogP contribution in [0.5, 0.6) is 0 Å². The molecule has 0 amide bonds. The number of methoxy groups -OCH3 is 1. The molecule has 7 nitrogen and oxygen atoms in total. The molecule has 0 bridgehead atoms. The predicted octanol–water partition coefficient (Wildman–Crippen LogP) is 5.30. The van der Waals surface area contributed by atoms with Crippen LogP contribution in [0.4, 0.5) is 0 Å². The molecule has 0 aliphatic heterocycles.